The Kier molecular flexibility index (Phi) is 5.61. The van der Waals surface area contributed by atoms with Crippen molar-refractivity contribution in [2.45, 2.75) is 6.92 Å². The third kappa shape index (κ3) is 4.57. The Bertz CT molecular complexity index is 983. The zero-order valence-electron chi connectivity index (χ0n) is 14.3. The molecule has 0 saturated heterocycles. The molecule has 1 N–H and O–H groups in total. The van der Waals surface area contributed by atoms with Crippen molar-refractivity contribution >= 4 is 28.9 Å². The van der Waals surface area contributed by atoms with E-state index in [1.54, 1.807) is 5.38 Å². The number of amides is 1. The third-order valence-electron chi connectivity index (χ3n) is 3.75. The van der Waals surface area contributed by atoms with Gasteiger partial charge in [-0.05, 0) is 36.1 Å². The topological polar surface area (TPSA) is 55.4 Å². The summed E-state index contributed by atoms with van der Waals surface area (Å²) in [5.74, 6) is -3.37. The largest absolute Gasteiger partial charge is 0.451 e. The summed E-state index contributed by atoms with van der Waals surface area (Å²) < 4.78 is 31.1. The molecule has 7 heteroatoms. The highest BCUT2D eigenvalue weighted by Crippen LogP contribution is 2.29. The average molecular weight is 387 g/mol. The summed E-state index contributed by atoms with van der Waals surface area (Å²) in [5.41, 5.74) is 2.78. The van der Waals surface area contributed by atoms with Crippen LogP contribution in [0.1, 0.15) is 15.2 Å². The Morgan fingerprint density at radius 2 is 1.78 bits per heavy atom. The van der Waals surface area contributed by atoms with E-state index in [1.165, 1.54) is 17.4 Å². The van der Waals surface area contributed by atoms with E-state index in [1.807, 2.05) is 37.3 Å². The van der Waals surface area contributed by atoms with Gasteiger partial charge in [-0.3, -0.25) is 4.79 Å². The number of benzene rings is 2. The van der Waals surface area contributed by atoms with Gasteiger partial charge in [0.1, 0.15) is 4.88 Å². The Balaban J connectivity index is 1.63. The lowest BCUT2D eigenvalue weighted by Crippen LogP contribution is -2.20. The number of carbonyl (C=O) groups is 2. The molecule has 0 atom stereocenters. The minimum Gasteiger partial charge on any atom is -0.451 e. The van der Waals surface area contributed by atoms with Gasteiger partial charge in [-0.2, -0.15) is 0 Å². The first kappa shape index (κ1) is 18.7. The second kappa shape index (κ2) is 8.09. The highest BCUT2D eigenvalue weighted by atomic mass is 32.1. The van der Waals surface area contributed by atoms with Crippen LogP contribution in [0.5, 0.6) is 0 Å². The van der Waals surface area contributed by atoms with E-state index in [4.69, 9.17) is 4.74 Å². The highest BCUT2D eigenvalue weighted by Gasteiger charge is 2.17. The van der Waals surface area contributed by atoms with E-state index >= 15 is 0 Å². The quantitative estimate of drug-likeness (QED) is 0.640. The zero-order chi connectivity index (χ0) is 19.4. The van der Waals surface area contributed by atoms with Crippen LogP contribution < -0.4 is 5.32 Å². The van der Waals surface area contributed by atoms with Crippen molar-refractivity contribution in [2.75, 3.05) is 11.9 Å². The molecular formula is C20H15F2NO3S. The smallest absolute Gasteiger partial charge is 0.349 e. The number of thiophene rings is 1. The number of carbonyl (C=O) groups excluding carboxylic acids is 2. The normalized spacial score (nSPS) is 10.5. The Hall–Kier alpha value is -3.06. The number of hydrogen-bond acceptors (Lipinski definition) is 4. The maximum absolute atomic E-state index is 13.1. The molecule has 0 spiro atoms. The molecule has 2 aromatic carbocycles. The molecule has 0 fully saturated rings. The van der Waals surface area contributed by atoms with Gasteiger partial charge in [0.2, 0.25) is 0 Å². The van der Waals surface area contributed by atoms with Crippen LogP contribution in [0.15, 0.2) is 53.9 Å². The van der Waals surface area contributed by atoms with Crippen molar-refractivity contribution in [1.82, 2.24) is 0 Å². The maximum atomic E-state index is 13.1. The summed E-state index contributed by atoms with van der Waals surface area (Å²) in [6.07, 6.45) is 0. The lowest BCUT2D eigenvalue weighted by atomic mass is 10.1. The SMILES string of the molecule is Cc1ccc(-c2ccsc2C(=O)OCC(=O)Nc2ccc(F)c(F)c2)cc1. The van der Waals surface area contributed by atoms with Gasteiger partial charge in [0.25, 0.3) is 5.91 Å². The van der Waals surface area contributed by atoms with E-state index in [-0.39, 0.29) is 5.69 Å². The summed E-state index contributed by atoms with van der Waals surface area (Å²) in [6.45, 7) is 1.43. The molecule has 1 heterocycles. The number of esters is 1. The van der Waals surface area contributed by atoms with Crippen LogP contribution in [0.4, 0.5) is 14.5 Å². The van der Waals surface area contributed by atoms with Crippen LogP contribution >= 0.6 is 11.3 Å². The van der Waals surface area contributed by atoms with Crippen molar-refractivity contribution in [2.24, 2.45) is 0 Å². The number of ether oxygens (including phenoxy) is 1. The molecule has 3 rings (SSSR count). The first-order valence-corrected chi connectivity index (χ1v) is 8.88. The summed E-state index contributed by atoms with van der Waals surface area (Å²) in [6, 6.07) is 12.5. The Morgan fingerprint density at radius 1 is 1.04 bits per heavy atom. The monoisotopic (exact) mass is 387 g/mol. The zero-order valence-corrected chi connectivity index (χ0v) is 15.1. The van der Waals surface area contributed by atoms with E-state index < -0.39 is 30.1 Å². The number of anilines is 1. The van der Waals surface area contributed by atoms with Crippen LogP contribution in [0, 0.1) is 18.6 Å². The third-order valence-corrected chi connectivity index (χ3v) is 4.65. The van der Waals surface area contributed by atoms with Gasteiger partial charge in [0, 0.05) is 17.3 Å². The molecule has 138 valence electrons. The molecule has 0 aliphatic heterocycles. The standard InChI is InChI=1S/C20H15F2NO3S/c1-12-2-4-13(5-3-12)15-8-9-27-19(15)20(25)26-11-18(24)23-14-6-7-16(21)17(22)10-14/h2-10H,11H2,1H3,(H,23,24). The minimum absolute atomic E-state index is 0.0754. The molecule has 1 aromatic heterocycles. The lowest BCUT2D eigenvalue weighted by Gasteiger charge is -2.08. The van der Waals surface area contributed by atoms with Gasteiger partial charge in [-0.1, -0.05) is 29.8 Å². The minimum atomic E-state index is -1.08. The maximum Gasteiger partial charge on any atom is 0.349 e. The number of aryl methyl sites for hydroxylation is 1. The summed E-state index contributed by atoms with van der Waals surface area (Å²) in [4.78, 5) is 24.6. The predicted octanol–water partition coefficient (Wildman–Crippen LogP) is 4.80. The van der Waals surface area contributed by atoms with Gasteiger partial charge in [0.15, 0.2) is 18.2 Å². The van der Waals surface area contributed by atoms with E-state index in [2.05, 4.69) is 5.32 Å². The van der Waals surface area contributed by atoms with Crippen molar-refractivity contribution in [1.29, 1.82) is 0 Å². The van der Waals surface area contributed by atoms with Crippen LogP contribution in [0.2, 0.25) is 0 Å². The van der Waals surface area contributed by atoms with E-state index in [0.717, 1.165) is 28.8 Å². The molecule has 0 saturated carbocycles. The number of rotatable bonds is 5. The molecule has 0 aliphatic carbocycles. The lowest BCUT2D eigenvalue weighted by molar-refractivity contribution is -0.119. The molecule has 4 nitrogen and oxygen atoms in total. The van der Waals surface area contributed by atoms with Gasteiger partial charge >= 0.3 is 5.97 Å². The van der Waals surface area contributed by atoms with Crippen molar-refractivity contribution in [3.8, 4) is 11.1 Å². The number of hydrogen-bond donors (Lipinski definition) is 1. The molecule has 27 heavy (non-hydrogen) atoms. The molecular weight excluding hydrogens is 372 g/mol. The summed E-state index contributed by atoms with van der Waals surface area (Å²) in [7, 11) is 0. The van der Waals surface area contributed by atoms with Gasteiger partial charge in [-0.25, -0.2) is 13.6 Å². The Morgan fingerprint density at radius 3 is 2.48 bits per heavy atom. The van der Waals surface area contributed by atoms with Gasteiger partial charge < -0.3 is 10.1 Å². The number of halogens is 2. The van der Waals surface area contributed by atoms with Crippen LogP contribution in [-0.4, -0.2) is 18.5 Å². The summed E-state index contributed by atoms with van der Waals surface area (Å²) >= 11 is 1.22. The molecule has 1 amide bonds. The molecule has 3 aromatic rings. The van der Waals surface area contributed by atoms with Crippen LogP contribution in [-0.2, 0) is 9.53 Å². The van der Waals surface area contributed by atoms with Crippen LogP contribution in [0.25, 0.3) is 11.1 Å². The van der Waals surface area contributed by atoms with Crippen molar-refractivity contribution < 1.29 is 23.1 Å². The van der Waals surface area contributed by atoms with Gasteiger partial charge in [-0.15, -0.1) is 11.3 Å². The fourth-order valence-electron chi connectivity index (χ4n) is 2.40. The van der Waals surface area contributed by atoms with E-state index in [0.29, 0.717) is 4.88 Å². The molecule has 0 bridgehead atoms. The fourth-order valence-corrected chi connectivity index (χ4v) is 3.20. The molecule has 0 aliphatic rings. The highest BCUT2D eigenvalue weighted by molar-refractivity contribution is 7.12. The van der Waals surface area contributed by atoms with Gasteiger partial charge in [0.05, 0.1) is 0 Å². The second-order valence-corrected chi connectivity index (χ2v) is 6.70. The Labute approximate surface area is 158 Å². The van der Waals surface area contributed by atoms with Crippen molar-refractivity contribution in [3.05, 3.63) is 76.0 Å². The first-order chi connectivity index (χ1) is 12.9. The summed E-state index contributed by atoms with van der Waals surface area (Å²) in [5, 5.41) is 4.11. The fraction of sp³-hybridized carbons (Fsp3) is 0.100. The predicted molar refractivity (Wildman–Crippen MR) is 99.8 cm³/mol. The number of nitrogens with one attached hydrogen (secondary N) is 1. The molecule has 0 unspecified atom stereocenters. The van der Waals surface area contributed by atoms with Crippen LogP contribution in [0.3, 0.4) is 0 Å². The van der Waals surface area contributed by atoms with E-state index in [9.17, 15) is 18.4 Å². The average Bonchev–Trinajstić information content (AvgIpc) is 3.13. The first-order valence-electron chi connectivity index (χ1n) is 8.00. The molecule has 0 radical (unpaired) electrons. The second-order valence-electron chi connectivity index (χ2n) is 5.78. The van der Waals surface area contributed by atoms with Crippen molar-refractivity contribution in [3.63, 3.8) is 0 Å².